The van der Waals surface area contributed by atoms with E-state index in [2.05, 4.69) is 20.6 Å². The van der Waals surface area contributed by atoms with Crippen LogP contribution in [0.2, 0.25) is 0 Å². The van der Waals surface area contributed by atoms with Crippen molar-refractivity contribution >= 4 is 28.3 Å². The van der Waals surface area contributed by atoms with Crippen LogP contribution in [0, 0.1) is 0 Å². The van der Waals surface area contributed by atoms with E-state index in [1.54, 1.807) is 31.6 Å². The smallest absolute Gasteiger partial charge is 0.257 e. The SMILES string of the molecule is COc1ccccc1CNc1ccc(C(=O)Nc2cccc3cccnc23)cn1. The summed E-state index contributed by atoms with van der Waals surface area (Å²) in [7, 11) is 1.65. The number of nitrogens with one attached hydrogen (secondary N) is 2. The number of hydrogen-bond donors (Lipinski definition) is 2. The molecule has 2 aromatic heterocycles. The van der Waals surface area contributed by atoms with Gasteiger partial charge in [-0.15, -0.1) is 0 Å². The normalized spacial score (nSPS) is 10.5. The third-order valence-corrected chi connectivity index (χ3v) is 4.56. The maximum Gasteiger partial charge on any atom is 0.257 e. The summed E-state index contributed by atoms with van der Waals surface area (Å²) < 4.78 is 5.35. The van der Waals surface area contributed by atoms with Crippen molar-refractivity contribution in [3.63, 3.8) is 0 Å². The van der Waals surface area contributed by atoms with E-state index in [4.69, 9.17) is 4.74 Å². The Kier molecular flexibility index (Phi) is 5.33. The number of amides is 1. The molecule has 2 heterocycles. The second-order valence-electron chi connectivity index (χ2n) is 6.43. The van der Waals surface area contributed by atoms with Gasteiger partial charge in [-0.05, 0) is 30.3 Å². The van der Waals surface area contributed by atoms with E-state index >= 15 is 0 Å². The molecule has 4 aromatic rings. The molecule has 0 spiro atoms. The number of aromatic nitrogens is 2. The molecule has 0 aliphatic heterocycles. The van der Waals surface area contributed by atoms with E-state index in [-0.39, 0.29) is 5.91 Å². The largest absolute Gasteiger partial charge is 0.496 e. The molecular formula is C23H20N4O2. The first-order valence-electron chi connectivity index (χ1n) is 9.21. The van der Waals surface area contributed by atoms with Crippen molar-refractivity contribution in [1.82, 2.24) is 9.97 Å². The number of carbonyl (C=O) groups excluding carboxylic acids is 1. The highest BCUT2D eigenvalue weighted by molar-refractivity contribution is 6.08. The van der Waals surface area contributed by atoms with Crippen LogP contribution in [-0.4, -0.2) is 23.0 Å². The number of benzene rings is 2. The van der Waals surface area contributed by atoms with Crippen molar-refractivity contribution in [2.45, 2.75) is 6.54 Å². The summed E-state index contributed by atoms with van der Waals surface area (Å²) in [5.74, 6) is 1.27. The molecular weight excluding hydrogens is 364 g/mol. The van der Waals surface area contributed by atoms with Gasteiger partial charge in [-0.3, -0.25) is 9.78 Å². The van der Waals surface area contributed by atoms with Crippen molar-refractivity contribution in [3.8, 4) is 5.75 Å². The minimum atomic E-state index is -0.230. The Bertz CT molecular complexity index is 1140. The highest BCUT2D eigenvalue weighted by Gasteiger charge is 2.10. The molecule has 4 rings (SSSR count). The van der Waals surface area contributed by atoms with E-state index in [1.165, 1.54) is 0 Å². The topological polar surface area (TPSA) is 76.1 Å². The third-order valence-electron chi connectivity index (χ3n) is 4.56. The van der Waals surface area contributed by atoms with Crippen LogP contribution in [-0.2, 0) is 6.54 Å². The van der Waals surface area contributed by atoms with E-state index in [0.29, 0.717) is 23.6 Å². The van der Waals surface area contributed by atoms with E-state index in [1.807, 2.05) is 54.6 Å². The molecule has 6 heteroatoms. The number of hydrogen-bond acceptors (Lipinski definition) is 5. The number of nitrogens with zero attached hydrogens (tertiary/aromatic N) is 2. The molecule has 2 aromatic carbocycles. The summed E-state index contributed by atoms with van der Waals surface area (Å²) >= 11 is 0. The van der Waals surface area contributed by atoms with Crippen LogP contribution < -0.4 is 15.4 Å². The summed E-state index contributed by atoms with van der Waals surface area (Å²) in [4.78, 5) is 21.3. The van der Waals surface area contributed by atoms with Crippen LogP contribution in [0.1, 0.15) is 15.9 Å². The third kappa shape index (κ3) is 4.16. The molecule has 144 valence electrons. The van der Waals surface area contributed by atoms with Crippen molar-refractivity contribution in [2.24, 2.45) is 0 Å². The van der Waals surface area contributed by atoms with Gasteiger partial charge in [0, 0.05) is 29.9 Å². The van der Waals surface area contributed by atoms with Gasteiger partial charge in [-0.2, -0.15) is 0 Å². The Hall–Kier alpha value is -3.93. The van der Waals surface area contributed by atoms with Crippen LogP contribution in [0.25, 0.3) is 10.9 Å². The van der Waals surface area contributed by atoms with Crippen molar-refractivity contribution in [3.05, 3.63) is 90.3 Å². The van der Waals surface area contributed by atoms with Crippen LogP contribution in [0.3, 0.4) is 0 Å². The number of para-hydroxylation sites is 2. The number of rotatable bonds is 6. The fourth-order valence-electron chi connectivity index (χ4n) is 3.07. The summed E-state index contributed by atoms with van der Waals surface area (Å²) in [6.45, 7) is 0.574. The first-order valence-corrected chi connectivity index (χ1v) is 9.21. The zero-order valence-electron chi connectivity index (χ0n) is 15.9. The lowest BCUT2D eigenvalue weighted by Gasteiger charge is -2.11. The average Bonchev–Trinajstić information content (AvgIpc) is 2.78. The lowest BCUT2D eigenvalue weighted by Crippen LogP contribution is -2.13. The summed E-state index contributed by atoms with van der Waals surface area (Å²) in [5, 5.41) is 7.13. The molecule has 0 saturated heterocycles. The first-order chi connectivity index (χ1) is 14.2. The monoisotopic (exact) mass is 384 g/mol. The second kappa shape index (κ2) is 8.39. The standard InChI is InChI=1S/C23H20N4O2/c1-29-20-10-3-2-6-17(20)14-25-21-12-11-18(15-26-21)23(28)27-19-9-4-7-16-8-5-13-24-22(16)19/h2-13,15H,14H2,1H3,(H,25,26)(H,27,28). The molecule has 2 N–H and O–H groups in total. The van der Waals surface area contributed by atoms with Gasteiger partial charge < -0.3 is 15.4 Å². The van der Waals surface area contributed by atoms with Crippen LogP contribution in [0.5, 0.6) is 5.75 Å². The second-order valence-corrected chi connectivity index (χ2v) is 6.43. The maximum atomic E-state index is 12.6. The van der Waals surface area contributed by atoms with Gasteiger partial charge >= 0.3 is 0 Å². The van der Waals surface area contributed by atoms with E-state index in [9.17, 15) is 4.79 Å². The lowest BCUT2D eigenvalue weighted by molar-refractivity contribution is 0.102. The summed E-state index contributed by atoms with van der Waals surface area (Å²) in [5.41, 5.74) is 2.93. The van der Waals surface area contributed by atoms with Crippen molar-refractivity contribution < 1.29 is 9.53 Å². The Morgan fingerprint density at radius 3 is 2.66 bits per heavy atom. The number of carbonyl (C=O) groups is 1. The summed E-state index contributed by atoms with van der Waals surface area (Å²) in [6.07, 6.45) is 3.26. The molecule has 0 saturated carbocycles. The number of fused-ring (bicyclic) bond motifs is 1. The molecule has 0 atom stereocenters. The van der Waals surface area contributed by atoms with Gasteiger partial charge in [0.15, 0.2) is 0 Å². The molecule has 0 radical (unpaired) electrons. The zero-order valence-corrected chi connectivity index (χ0v) is 15.9. The minimum absolute atomic E-state index is 0.230. The molecule has 6 nitrogen and oxygen atoms in total. The van der Waals surface area contributed by atoms with Crippen molar-refractivity contribution in [1.29, 1.82) is 0 Å². The lowest BCUT2D eigenvalue weighted by atomic mass is 10.2. The quantitative estimate of drug-likeness (QED) is 0.512. The Balaban J connectivity index is 1.44. The van der Waals surface area contributed by atoms with E-state index < -0.39 is 0 Å². The van der Waals surface area contributed by atoms with Gasteiger partial charge in [0.2, 0.25) is 0 Å². The predicted molar refractivity (Wildman–Crippen MR) is 114 cm³/mol. The fraction of sp³-hybridized carbons (Fsp3) is 0.0870. The molecule has 0 unspecified atom stereocenters. The molecule has 0 fully saturated rings. The Morgan fingerprint density at radius 2 is 1.83 bits per heavy atom. The molecule has 0 aliphatic carbocycles. The Labute approximate surface area is 168 Å². The minimum Gasteiger partial charge on any atom is -0.496 e. The highest BCUT2D eigenvalue weighted by atomic mass is 16.5. The van der Waals surface area contributed by atoms with Crippen LogP contribution in [0.15, 0.2) is 79.1 Å². The van der Waals surface area contributed by atoms with Crippen molar-refractivity contribution in [2.75, 3.05) is 17.7 Å². The predicted octanol–water partition coefficient (Wildman–Crippen LogP) is 4.50. The summed E-state index contributed by atoms with van der Waals surface area (Å²) in [6, 6.07) is 20.8. The Morgan fingerprint density at radius 1 is 0.966 bits per heavy atom. The van der Waals surface area contributed by atoms with Gasteiger partial charge in [-0.1, -0.05) is 36.4 Å². The maximum absolute atomic E-state index is 12.6. The number of anilines is 2. The molecule has 0 bridgehead atoms. The molecule has 1 amide bonds. The fourth-order valence-corrected chi connectivity index (χ4v) is 3.07. The van der Waals surface area contributed by atoms with Gasteiger partial charge in [0.05, 0.1) is 23.9 Å². The number of methoxy groups -OCH3 is 1. The highest BCUT2D eigenvalue weighted by Crippen LogP contribution is 2.22. The van der Waals surface area contributed by atoms with Gasteiger partial charge in [0.25, 0.3) is 5.91 Å². The number of ether oxygens (including phenoxy) is 1. The van der Waals surface area contributed by atoms with Gasteiger partial charge in [-0.25, -0.2) is 4.98 Å². The first kappa shape index (κ1) is 18.4. The molecule has 29 heavy (non-hydrogen) atoms. The molecule has 0 aliphatic rings. The van der Waals surface area contributed by atoms with Crippen LogP contribution >= 0.6 is 0 Å². The number of pyridine rings is 2. The van der Waals surface area contributed by atoms with Gasteiger partial charge in [0.1, 0.15) is 11.6 Å². The van der Waals surface area contributed by atoms with Crippen LogP contribution in [0.4, 0.5) is 11.5 Å². The zero-order chi connectivity index (χ0) is 20.1. The van der Waals surface area contributed by atoms with E-state index in [0.717, 1.165) is 22.2 Å². The average molecular weight is 384 g/mol.